The minimum atomic E-state index is -0.963. The van der Waals surface area contributed by atoms with Crippen molar-refractivity contribution in [3.05, 3.63) is 57.9 Å². The average Bonchev–Trinajstić information content (AvgIpc) is 2.74. The highest BCUT2D eigenvalue weighted by Crippen LogP contribution is 2.50. The summed E-state index contributed by atoms with van der Waals surface area (Å²) in [6, 6.07) is 2.04. The molecule has 0 fully saturated rings. The first-order valence-corrected chi connectivity index (χ1v) is 12.0. The van der Waals surface area contributed by atoms with Gasteiger partial charge in [0.05, 0.1) is 12.7 Å². The van der Waals surface area contributed by atoms with Crippen LogP contribution in [0.15, 0.2) is 41.8 Å². The second kappa shape index (κ2) is 11.3. The summed E-state index contributed by atoms with van der Waals surface area (Å²) in [6.45, 7) is 17.4. The highest BCUT2D eigenvalue weighted by atomic mass is 35.5. The van der Waals surface area contributed by atoms with Gasteiger partial charge >= 0.3 is 5.97 Å². The zero-order valence-corrected chi connectivity index (χ0v) is 22.4. The molecule has 1 aromatic rings. The molecule has 0 radical (unpaired) electrons. The number of hydrogen-bond acceptors (Lipinski definition) is 4. The van der Waals surface area contributed by atoms with E-state index in [9.17, 15) is 9.18 Å². The Morgan fingerprint density at radius 3 is 2.44 bits per heavy atom. The Morgan fingerprint density at radius 1 is 1.24 bits per heavy atom. The normalized spacial score (nSPS) is 16.3. The first-order chi connectivity index (χ1) is 15.8. The van der Waals surface area contributed by atoms with Gasteiger partial charge in [0.1, 0.15) is 16.4 Å². The van der Waals surface area contributed by atoms with Crippen LogP contribution in [0.2, 0.25) is 5.02 Å². The quantitative estimate of drug-likeness (QED) is 0.210. The average molecular weight is 491 g/mol. The molecular weight excluding hydrogens is 455 g/mol. The van der Waals surface area contributed by atoms with Gasteiger partial charge in [-0.15, -0.1) is 0 Å². The maximum absolute atomic E-state index is 14.1. The maximum atomic E-state index is 14.1. The van der Waals surface area contributed by atoms with E-state index in [-0.39, 0.29) is 24.2 Å². The summed E-state index contributed by atoms with van der Waals surface area (Å²) in [5, 5.41) is 0.432. The summed E-state index contributed by atoms with van der Waals surface area (Å²) < 4.78 is 31.2. The van der Waals surface area contributed by atoms with E-state index >= 15 is 0 Å². The first kappa shape index (κ1) is 27.7. The molecule has 6 heteroatoms. The van der Waals surface area contributed by atoms with Gasteiger partial charge in [-0.3, -0.25) is 0 Å². The molecule has 1 aromatic carbocycles. The van der Waals surface area contributed by atoms with Crippen LogP contribution < -0.4 is 9.47 Å². The second-order valence-corrected chi connectivity index (χ2v) is 9.87. The highest BCUT2D eigenvalue weighted by molar-refractivity contribution is 6.34. The SMILES string of the molecule is CCOC(=O)C(F)=C(C)C=CC=C(C)c1cc2c(c(Cl)c1OC(C)C)OC(C)(C)C=C2C(C)C. The van der Waals surface area contributed by atoms with Crippen LogP contribution in [0.5, 0.6) is 11.5 Å². The number of hydrogen-bond donors (Lipinski definition) is 0. The Kier molecular flexibility index (Phi) is 9.18. The molecule has 0 atom stereocenters. The molecule has 0 spiro atoms. The van der Waals surface area contributed by atoms with E-state index in [2.05, 4.69) is 19.9 Å². The standard InChI is InChI=1S/C28H36ClFO4/c1-10-32-27(31)24(30)19(7)13-11-12-18(6)20-14-21-22(16(2)3)15-28(8,9)34-26(21)23(29)25(20)33-17(4)5/h11-17H,10H2,1-9H3. The van der Waals surface area contributed by atoms with Crippen molar-refractivity contribution < 1.29 is 23.4 Å². The number of carbonyl (C=O) groups is 1. The van der Waals surface area contributed by atoms with Gasteiger partial charge in [0, 0.05) is 11.1 Å². The molecular formula is C28H36ClFO4. The molecule has 0 aromatic heterocycles. The second-order valence-electron chi connectivity index (χ2n) is 9.50. The van der Waals surface area contributed by atoms with Gasteiger partial charge in [-0.1, -0.05) is 43.7 Å². The molecule has 1 heterocycles. The molecule has 0 bridgehead atoms. The molecule has 2 rings (SSSR count). The van der Waals surface area contributed by atoms with Crippen LogP contribution in [-0.2, 0) is 9.53 Å². The van der Waals surface area contributed by atoms with E-state index in [1.54, 1.807) is 13.0 Å². The molecule has 186 valence electrons. The minimum Gasteiger partial charge on any atom is -0.489 e. The number of esters is 1. The van der Waals surface area contributed by atoms with Crippen molar-refractivity contribution in [3.63, 3.8) is 0 Å². The first-order valence-electron chi connectivity index (χ1n) is 11.6. The number of allylic oxidation sites excluding steroid dienone is 6. The fraction of sp³-hybridized carbons (Fsp3) is 0.464. The largest absolute Gasteiger partial charge is 0.489 e. The Bertz CT molecular complexity index is 1060. The molecule has 34 heavy (non-hydrogen) atoms. The van der Waals surface area contributed by atoms with Crippen LogP contribution >= 0.6 is 11.6 Å². The lowest BCUT2D eigenvalue weighted by molar-refractivity contribution is -0.140. The number of ether oxygens (including phenoxy) is 3. The zero-order valence-electron chi connectivity index (χ0n) is 21.6. The van der Waals surface area contributed by atoms with Crippen molar-refractivity contribution in [2.45, 2.75) is 74.0 Å². The fourth-order valence-electron chi connectivity index (χ4n) is 3.65. The third kappa shape index (κ3) is 6.53. The monoisotopic (exact) mass is 490 g/mol. The zero-order chi connectivity index (χ0) is 25.8. The van der Waals surface area contributed by atoms with Gasteiger partial charge in [0.15, 0.2) is 5.75 Å². The Labute approximate surface area is 208 Å². The van der Waals surface area contributed by atoms with Crippen molar-refractivity contribution in [2.75, 3.05) is 6.61 Å². The van der Waals surface area contributed by atoms with E-state index < -0.39 is 17.4 Å². The summed E-state index contributed by atoms with van der Waals surface area (Å²) in [5.41, 5.74) is 3.48. The van der Waals surface area contributed by atoms with Crippen LogP contribution in [0.4, 0.5) is 4.39 Å². The van der Waals surface area contributed by atoms with Gasteiger partial charge < -0.3 is 14.2 Å². The number of halogens is 2. The third-order valence-electron chi connectivity index (χ3n) is 5.25. The van der Waals surface area contributed by atoms with E-state index in [4.69, 9.17) is 25.8 Å². The van der Waals surface area contributed by atoms with Crippen molar-refractivity contribution >= 4 is 28.7 Å². The summed E-state index contributed by atoms with van der Waals surface area (Å²) in [4.78, 5) is 11.6. The number of benzene rings is 1. The van der Waals surface area contributed by atoms with Gasteiger partial charge in [-0.05, 0) is 83.2 Å². The van der Waals surface area contributed by atoms with Gasteiger partial charge in [-0.2, -0.15) is 4.39 Å². The van der Waals surface area contributed by atoms with E-state index in [0.29, 0.717) is 16.5 Å². The number of carbonyl (C=O) groups excluding carboxylic acids is 1. The third-order valence-corrected chi connectivity index (χ3v) is 5.59. The lowest BCUT2D eigenvalue weighted by atomic mass is 9.86. The molecule has 4 nitrogen and oxygen atoms in total. The smallest absolute Gasteiger partial charge is 0.367 e. The lowest BCUT2D eigenvalue weighted by Gasteiger charge is -2.34. The van der Waals surface area contributed by atoms with Crippen LogP contribution in [0, 0.1) is 5.92 Å². The van der Waals surface area contributed by atoms with Crippen molar-refractivity contribution in [1.82, 2.24) is 0 Å². The lowest BCUT2D eigenvalue weighted by Crippen LogP contribution is -2.30. The molecule has 0 amide bonds. The van der Waals surface area contributed by atoms with Crippen LogP contribution in [0.1, 0.15) is 73.4 Å². The topological polar surface area (TPSA) is 44.8 Å². The van der Waals surface area contributed by atoms with Crippen molar-refractivity contribution in [3.8, 4) is 11.5 Å². The molecule has 0 aliphatic carbocycles. The predicted molar refractivity (Wildman–Crippen MR) is 138 cm³/mol. The van der Waals surface area contributed by atoms with Crippen LogP contribution in [0.3, 0.4) is 0 Å². The van der Waals surface area contributed by atoms with E-state index in [1.165, 1.54) is 13.0 Å². The molecule has 1 aliphatic rings. The van der Waals surface area contributed by atoms with Gasteiger partial charge in [-0.25, -0.2) is 4.79 Å². The summed E-state index contributed by atoms with van der Waals surface area (Å²) >= 11 is 6.88. The Balaban J connectivity index is 2.60. The number of rotatable bonds is 8. The van der Waals surface area contributed by atoms with Crippen LogP contribution in [-0.4, -0.2) is 24.3 Å². The molecule has 1 aliphatic heterocycles. The van der Waals surface area contributed by atoms with Gasteiger partial charge in [0.25, 0.3) is 0 Å². The number of fused-ring (bicyclic) bond motifs is 1. The predicted octanol–water partition coefficient (Wildman–Crippen LogP) is 8.10. The summed E-state index contributed by atoms with van der Waals surface area (Å²) in [5.74, 6) is -0.434. The summed E-state index contributed by atoms with van der Waals surface area (Å²) in [6.07, 6.45) is 7.09. The molecule has 0 saturated heterocycles. The maximum Gasteiger partial charge on any atom is 0.367 e. The van der Waals surface area contributed by atoms with E-state index in [1.807, 2.05) is 46.8 Å². The van der Waals surface area contributed by atoms with Gasteiger partial charge in [0.2, 0.25) is 5.83 Å². The molecule has 0 unspecified atom stereocenters. The van der Waals surface area contributed by atoms with E-state index in [0.717, 1.165) is 22.3 Å². The fourth-order valence-corrected chi connectivity index (χ4v) is 3.94. The molecule has 0 N–H and O–H groups in total. The Morgan fingerprint density at radius 2 is 1.88 bits per heavy atom. The highest BCUT2D eigenvalue weighted by Gasteiger charge is 2.32. The van der Waals surface area contributed by atoms with Crippen molar-refractivity contribution in [1.29, 1.82) is 0 Å². The molecule has 0 saturated carbocycles. The van der Waals surface area contributed by atoms with Crippen molar-refractivity contribution in [2.24, 2.45) is 5.92 Å². The van der Waals surface area contributed by atoms with Crippen LogP contribution in [0.25, 0.3) is 11.1 Å². The Hall–Kier alpha value is -2.53. The summed E-state index contributed by atoms with van der Waals surface area (Å²) in [7, 11) is 0. The minimum absolute atomic E-state index is 0.0989.